The second kappa shape index (κ2) is 10.2. The Bertz CT molecular complexity index is 1230. The van der Waals surface area contributed by atoms with Gasteiger partial charge in [0.1, 0.15) is 11.2 Å². The first-order valence-electron chi connectivity index (χ1n) is 12.0. The van der Waals surface area contributed by atoms with Gasteiger partial charge in [0.2, 0.25) is 0 Å². The van der Waals surface area contributed by atoms with Crippen LogP contribution in [0.2, 0.25) is 5.02 Å². The first-order chi connectivity index (χ1) is 16.7. The molecule has 0 saturated carbocycles. The predicted octanol–water partition coefficient (Wildman–Crippen LogP) is 5.60. The molecule has 3 heterocycles. The van der Waals surface area contributed by atoms with Gasteiger partial charge in [-0.2, -0.15) is 0 Å². The highest BCUT2D eigenvalue weighted by molar-refractivity contribution is 6.37. The average Bonchev–Trinajstić information content (AvgIpc) is 3.24. The van der Waals surface area contributed by atoms with Crippen LogP contribution in [-0.2, 0) is 11.2 Å². The number of rotatable bonds is 6. The smallest absolute Gasteiger partial charge is 0.407 e. The molecule has 3 aromatic rings. The fraction of sp³-hybridized carbons (Fsp3) is 0.423. The van der Waals surface area contributed by atoms with Gasteiger partial charge in [0.15, 0.2) is 0 Å². The fourth-order valence-corrected chi connectivity index (χ4v) is 4.62. The minimum atomic E-state index is -0.559. The summed E-state index contributed by atoms with van der Waals surface area (Å²) >= 11 is 6.70. The van der Waals surface area contributed by atoms with Gasteiger partial charge >= 0.3 is 12.1 Å². The maximum Gasteiger partial charge on any atom is 0.407 e. The number of carbonyl (C=O) groups is 2. The summed E-state index contributed by atoms with van der Waals surface area (Å²) in [4.78, 5) is 36.4. The number of halogens is 1. The molecule has 1 saturated heterocycles. The number of nitrogens with one attached hydrogen (secondary N) is 2. The standard InChI is InChI=1S/C26H32ClN5O3/c1-5-17-15-29-23-21(22(17)27)20(16-30-23)18-8-6-9-19(14-18)32-12-7-11-31(25(32)34)13-10-28-24(33)35-26(2,3)4/h6,8-9,14-16H,5,7,10-13H2,1-4H3,(H,28,33)(H,29,30). The van der Waals surface area contributed by atoms with E-state index in [1.54, 1.807) is 16.0 Å². The number of anilines is 1. The minimum absolute atomic E-state index is 0.0775. The zero-order valence-electron chi connectivity index (χ0n) is 20.7. The lowest BCUT2D eigenvalue weighted by atomic mass is 10.0. The van der Waals surface area contributed by atoms with E-state index in [1.807, 2.05) is 51.2 Å². The first-order valence-corrected chi connectivity index (χ1v) is 12.3. The number of pyridine rings is 1. The van der Waals surface area contributed by atoms with Crippen molar-refractivity contribution in [3.8, 4) is 11.1 Å². The number of H-pyrrole nitrogens is 1. The second-order valence-electron chi connectivity index (χ2n) is 9.63. The topological polar surface area (TPSA) is 90.6 Å². The molecule has 2 aromatic heterocycles. The number of aromatic amines is 1. The van der Waals surface area contributed by atoms with E-state index < -0.39 is 11.7 Å². The molecule has 186 valence electrons. The summed E-state index contributed by atoms with van der Waals surface area (Å²) in [6, 6.07) is 7.84. The molecular formula is C26H32ClN5O3. The molecule has 0 bridgehead atoms. The van der Waals surface area contributed by atoms with Crippen LogP contribution in [-0.4, -0.2) is 58.8 Å². The van der Waals surface area contributed by atoms with Gasteiger partial charge in [0, 0.05) is 55.2 Å². The van der Waals surface area contributed by atoms with Crippen molar-refractivity contribution < 1.29 is 14.3 Å². The Morgan fingerprint density at radius 3 is 2.83 bits per heavy atom. The van der Waals surface area contributed by atoms with E-state index in [4.69, 9.17) is 16.3 Å². The average molecular weight is 498 g/mol. The Morgan fingerprint density at radius 2 is 2.09 bits per heavy atom. The number of urea groups is 1. The fourth-order valence-electron chi connectivity index (χ4n) is 4.25. The third-order valence-corrected chi connectivity index (χ3v) is 6.35. The highest BCUT2D eigenvalue weighted by atomic mass is 35.5. The molecule has 0 spiro atoms. The summed E-state index contributed by atoms with van der Waals surface area (Å²) in [6.45, 7) is 9.52. The molecule has 0 unspecified atom stereocenters. The monoisotopic (exact) mass is 497 g/mol. The summed E-state index contributed by atoms with van der Waals surface area (Å²) in [6.07, 6.45) is 4.87. The number of nitrogens with zero attached hydrogens (tertiary/aromatic N) is 3. The van der Waals surface area contributed by atoms with Crippen LogP contribution in [0.25, 0.3) is 22.2 Å². The number of benzene rings is 1. The number of hydrogen-bond acceptors (Lipinski definition) is 4. The zero-order valence-corrected chi connectivity index (χ0v) is 21.4. The van der Waals surface area contributed by atoms with Crippen LogP contribution >= 0.6 is 11.6 Å². The van der Waals surface area contributed by atoms with E-state index in [1.165, 1.54) is 0 Å². The molecule has 0 aliphatic carbocycles. The van der Waals surface area contributed by atoms with Crippen LogP contribution < -0.4 is 10.2 Å². The van der Waals surface area contributed by atoms with Gasteiger partial charge in [-0.1, -0.05) is 30.7 Å². The predicted molar refractivity (Wildman–Crippen MR) is 139 cm³/mol. The van der Waals surface area contributed by atoms with Crippen molar-refractivity contribution in [2.24, 2.45) is 0 Å². The number of amides is 3. The number of hydrogen-bond donors (Lipinski definition) is 2. The number of carbonyl (C=O) groups excluding carboxylic acids is 2. The molecule has 1 fully saturated rings. The summed E-state index contributed by atoms with van der Waals surface area (Å²) in [5.74, 6) is 0. The van der Waals surface area contributed by atoms with Crippen LogP contribution in [0.1, 0.15) is 39.7 Å². The van der Waals surface area contributed by atoms with Gasteiger partial charge in [0.05, 0.1) is 5.02 Å². The number of alkyl carbamates (subject to hydrolysis) is 1. The van der Waals surface area contributed by atoms with Gasteiger partial charge in [-0.25, -0.2) is 14.6 Å². The molecule has 3 amide bonds. The van der Waals surface area contributed by atoms with Gasteiger partial charge in [-0.15, -0.1) is 0 Å². The number of fused-ring (bicyclic) bond motifs is 1. The highest BCUT2D eigenvalue weighted by Gasteiger charge is 2.27. The summed E-state index contributed by atoms with van der Waals surface area (Å²) in [5.41, 5.74) is 3.92. The third kappa shape index (κ3) is 5.53. The highest BCUT2D eigenvalue weighted by Crippen LogP contribution is 2.36. The summed E-state index contributed by atoms with van der Waals surface area (Å²) < 4.78 is 5.27. The summed E-state index contributed by atoms with van der Waals surface area (Å²) in [5, 5.41) is 4.32. The van der Waals surface area contributed by atoms with Gasteiger partial charge < -0.3 is 19.9 Å². The molecule has 8 nitrogen and oxygen atoms in total. The lowest BCUT2D eigenvalue weighted by Gasteiger charge is -2.36. The maximum absolute atomic E-state index is 13.2. The molecular weight excluding hydrogens is 466 g/mol. The van der Waals surface area contributed by atoms with E-state index in [9.17, 15) is 9.59 Å². The molecule has 35 heavy (non-hydrogen) atoms. The van der Waals surface area contributed by atoms with Crippen LogP contribution in [0.5, 0.6) is 0 Å². The van der Waals surface area contributed by atoms with Crippen molar-refractivity contribution in [1.82, 2.24) is 20.2 Å². The van der Waals surface area contributed by atoms with Crippen molar-refractivity contribution >= 4 is 40.4 Å². The molecule has 0 radical (unpaired) electrons. The second-order valence-corrected chi connectivity index (χ2v) is 10.0. The zero-order chi connectivity index (χ0) is 25.2. The molecule has 4 rings (SSSR count). The Kier molecular flexibility index (Phi) is 7.21. The lowest BCUT2D eigenvalue weighted by molar-refractivity contribution is 0.0523. The largest absolute Gasteiger partial charge is 0.444 e. The molecule has 1 aliphatic rings. The van der Waals surface area contributed by atoms with Crippen molar-refractivity contribution in [3.05, 3.63) is 47.2 Å². The summed E-state index contributed by atoms with van der Waals surface area (Å²) in [7, 11) is 0. The minimum Gasteiger partial charge on any atom is -0.444 e. The Labute approximate surface area is 210 Å². The third-order valence-electron chi connectivity index (χ3n) is 5.92. The number of ether oxygens (including phenoxy) is 1. The van der Waals surface area contributed by atoms with Gasteiger partial charge in [-0.05, 0) is 56.9 Å². The van der Waals surface area contributed by atoms with Crippen molar-refractivity contribution in [2.45, 2.75) is 46.1 Å². The SMILES string of the molecule is CCc1cnc2[nH]cc(-c3cccc(N4CCCN(CCNC(=O)OC(C)(C)C)C4=O)c3)c2c1Cl. The van der Waals surface area contributed by atoms with Crippen molar-refractivity contribution in [1.29, 1.82) is 0 Å². The maximum atomic E-state index is 13.2. The lowest BCUT2D eigenvalue weighted by Crippen LogP contribution is -2.51. The molecule has 2 N–H and O–H groups in total. The first kappa shape index (κ1) is 24.9. The van der Waals surface area contributed by atoms with Crippen LogP contribution in [0.3, 0.4) is 0 Å². The van der Waals surface area contributed by atoms with Crippen LogP contribution in [0, 0.1) is 0 Å². The molecule has 1 aromatic carbocycles. The van der Waals surface area contributed by atoms with E-state index in [-0.39, 0.29) is 6.03 Å². The number of aromatic nitrogens is 2. The van der Waals surface area contributed by atoms with E-state index in [0.29, 0.717) is 31.2 Å². The van der Waals surface area contributed by atoms with E-state index in [0.717, 1.165) is 46.3 Å². The van der Waals surface area contributed by atoms with Crippen molar-refractivity contribution in [2.75, 3.05) is 31.1 Å². The Hall–Kier alpha value is -3.26. The van der Waals surface area contributed by atoms with E-state index in [2.05, 4.69) is 22.2 Å². The van der Waals surface area contributed by atoms with E-state index >= 15 is 0 Å². The molecule has 9 heteroatoms. The van der Waals surface area contributed by atoms with Crippen molar-refractivity contribution in [3.63, 3.8) is 0 Å². The molecule has 1 aliphatic heterocycles. The molecule has 0 atom stereocenters. The van der Waals surface area contributed by atoms with Crippen LogP contribution in [0.15, 0.2) is 36.7 Å². The van der Waals surface area contributed by atoms with Gasteiger partial charge in [0.25, 0.3) is 0 Å². The Balaban J connectivity index is 1.50. The number of aryl methyl sites for hydroxylation is 1. The normalized spacial score (nSPS) is 14.5. The van der Waals surface area contributed by atoms with Gasteiger partial charge in [-0.3, -0.25) is 4.90 Å². The van der Waals surface area contributed by atoms with Crippen LogP contribution in [0.4, 0.5) is 15.3 Å². The Morgan fingerprint density at radius 1 is 1.29 bits per heavy atom. The quantitative estimate of drug-likeness (QED) is 0.463.